The summed E-state index contributed by atoms with van der Waals surface area (Å²) in [6.07, 6.45) is 0. The van der Waals surface area contributed by atoms with Crippen LogP contribution in [0.5, 0.6) is 0 Å². The van der Waals surface area contributed by atoms with E-state index >= 15 is 0 Å². The second-order valence-corrected chi connectivity index (χ2v) is 5.23. The van der Waals surface area contributed by atoms with Crippen LogP contribution in [-0.4, -0.2) is 12.1 Å². The fourth-order valence-electron chi connectivity index (χ4n) is 1.27. The summed E-state index contributed by atoms with van der Waals surface area (Å²) >= 11 is 5.90. The molecule has 0 aromatic heterocycles. The molecule has 1 atom stereocenters. The van der Waals surface area contributed by atoms with Crippen LogP contribution in [0.4, 0.5) is 0 Å². The van der Waals surface area contributed by atoms with Crippen molar-refractivity contribution in [2.24, 2.45) is 5.73 Å². The Hall–Kier alpha value is -0.570. The lowest BCUT2D eigenvalue weighted by Crippen LogP contribution is -2.40. The summed E-state index contributed by atoms with van der Waals surface area (Å²) < 4.78 is 0. The molecule has 0 spiro atoms. The third-order valence-corrected chi connectivity index (χ3v) is 2.36. The van der Waals surface area contributed by atoms with Gasteiger partial charge >= 0.3 is 0 Å². The molecular weight excluding hydrogens is 208 g/mol. The van der Waals surface area contributed by atoms with Gasteiger partial charge in [0.1, 0.15) is 0 Å². The van der Waals surface area contributed by atoms with Crippen LogP contribution in [0.2, 0.25) is 5.02 Å². The fourth-order valence-corrected chi connectivity index (χ4v) is 1.47. The number of nitrogens with one attached hydrogen (secondary N) is 1. The van der Waals surface area contributed by atoms with E-state index in [1.54, 1.807) is 0 Å². The Kier molecular flexibility index (Phi) is 4.14. The lowest BCUT2D eigenvalue weighted by Gasteiger charge is -2.23. The molecule has 1 aromatic carbocycles. The minimum atomic E-state index is -0.0112. The van der Waals surface area contributed by atoms with Gasteiger partial charge in [-0.1, -0.05) is 23.7 Å². The van der Waals surface area contributed by atoms with Crippen molar-refractivity contribution in [3.8, 4) is 0 Å². The predicted molar refractivity (Wildman–Crippen MR) is 66.1 cm³/mol. The Bertz CT molecular complexity index is 318. The van der Waals surface area contributed by atoms with Gasteiger partial charge in [-0.3, -0.25) is 0 Å². The summed E-state index contributed by atoms with van der Waals surface area (Å²) in [6.45, 7) is 7.12. The van der Waals surface area contributed by atoms with Gasteiger partial charge in [0, 0.05) is 23.1 Å². The average Bonchev–Trinajstić information content (AvgIpc) is 2.13. The highest BCUT2D eigenvalue weighted by Crippen LogP contribution is 2.16. The smallest absolute Gasteiger partial charge is 0.0422 e. The molecule has 0 aliphatic rings. The molecule has 0 aliphatic heterocycles. The van der Waals surface area contributed by atoms with Gasteiger partial charge in [0.25, 0.3) is 0 Å². The maximum Gasteiger partial charge on any atom is 0.0422 e. The second kappa shape index (κ2) is 4.97. The minimum absolute atomic E-state index is 0.0112. The maximum atomic E-state index is 6.05. The zero-order valence-electron chi connectivity index (χ0n) is 9.55. The first kappa shape index (κ1) is 12.5. The molecule has 0 fully saturated rings. The Morgan fingerprint density at radius 2 is 2.07 bits per heavy atom. The first-order valence-corrected chi connectivity index (χ1v) is 5.52. The third-order valence-electron chi connectivity index (χ3n) is 2.13. The van der Waals surface area contributed by atoms with Crippen molar-refractivity contribution in [3.05, 3.63) is 34.9 Å². The van der Waals surface area contributed by atoms with Crippen LogP contribution in [-0.2, 0) is 0 Å². The van der Waals surface area contributed by atoms with Crippen molar-refractivity contribution >= 4 is 11.6 Å². The van der Waals surface area contributed by atoms with Crippen molar-refractivity contribution in [1.82, 2.24) is 5.32 Å². The van der Waals surface area contributed by atoms with Crippen LogP contribution in [0.15, 0.2) is 24.3 Å². The molecule has 15 heavy (non-hydrogen) atoms. The molecule has 2 nitrogen and oxygen atoms in total. The Morgan fingerprint density at radius 3 is 2.60 bits per heavy atom. The molecule has 1 unspecified atom stereocenters. The van der Waals surface area contributed by atoms with Crippen LogP contribution in [0, 0.1) is 0 Å². The van der Waals surface area contributed by atoms with Gasteiger partial charge in [-0.25, -0.2) is 0 Å². The Balaban J connectivity index is 2.58. The van der Waals surface area contributed by atoms with Crippen LogP contribution in [0.3, 0.4) is 0 Å². The number of rotatable bonds is 3. The molecule has 84 valence electrons. The topological polar surface area (TPSA) is 38.0 Å². The van der Waals surface area contributed by atoms with Crippen LogP contribution < -0.4 is 11.1 Å². The summed E-state index contributed by atoms with van der Waals surface area (Å²) in [5, 5.41) is 4.11. The first-order valence-electron chi connectivity index (χ1n) is 5.14. The fraction of sp³-hybridized carbons (Fsp3) is 0.500. The predicted octanol–water partition coefficient (Wildman–Crippen LogP) is 2.73. The lowest BCUT2D eigenvalue weighted by atomic mass is 10.1. The van der Waals surface area contributed by atoms with E-state index in [0.29, 0.717) is 0 Å². The second-order valence-electron chi connectivity index (χ2n) is 4.79. The maximum absolute atomic E-state index is 6.05. The Morgan fingerprint density at radius 1 is 1.40 bits per heavy atom. The van der Waals surface area contributed by atoms with E-state index in [2.05, 4.69) is 26.1 Å². The summed E-state index contributed by atoms with van der Waals surface area (Å²) in [5.74, 6) is 0. The molecule has 0 saturated carbocycles. The van der Waals surface area contributed by atoms with Gasteiger partial charge in [-0.15, -0.1) is 0 Å². The zero-order valence-corrected chi connectivity index (χ0v) is 10.3. The van der Waals surface area contributed by atoms with Gasteiger partial charge in [-0.05, 0) is 38.5 Å². The van der Waals surface area contributed by atoms with Crippen molar-refractivity contribution in [1.29, 1.82) is 0 Å². The minimum Gasteiger partial charge on any atom is -0.323 e. The molecule has 1 rings (SSSR count). The molecule has 0 amide bonds. The number of nitrogens with two attached hydrogens (primary N) is 1. The molecule has 0 bridgehead atoms. The van der Waals surface area contributed by atoms with E-state index in [9.17, 15) is 0 Å². The molecule has 0 heterocycles. The third kappa shape index (κ3) is 4.65. The van der Waals surface area contributed by atoms with E-state index in [1.807, 2.05) is 24.3 Å². The number of benzene rings is 1. The molecule has 1 aromatic rings. The van der Waals surface area contributed by atoms with Crippen molar-refractivity contribution in [2.45, 2.75) is 32.4 Å². The standard InChI is InChI=1S/C12H19ClN2/c1-12(2,3)15-8-11(14)9-5-4-6-10(13)7-9/h4-7,11,15H,8,14H2,1-3H3. The summed E-state index contributed by atoms with van der Waals surface area (Å²) in [7, 11) is 0. The van der Waals surface area contributed by atoms with Crippen LogP contribution in [0.1, 0.15) is 32.4 Å². The summed E-state index contributed by atoms with van der Waals surface area (Å²) in [5.41, 5.74) is 7.21. The lowest BCUT2D eigenvalue weighted by molar-refractivity contribution is 0.408. The van der Waals surface area contributed by atoms with Crippen molar-refractivity contribution in [3.63, 3.8) is 0 Å². The van der Waals surface area contributed by atoms with Crippen molar-refractivity contribution in [2.75, 3.05) is 6.54 Å². The Labute approximate surface area is 96.8 Å². The van der Waals surface area contributed by atoms with Gasteiger partial charge in [-0.2, -0.15) is 0 Å². The quantitative estimate of drug-likeness (QED) is 0.832. The van der Waals surface area contributed by atoms with Crippen LogP contribution >= 0.6 is 11.6 Å². The van der Waals surface area contributed by atoms with Gasteiger partial charge in [0.15, 0.2) is 0 Å². The first-order chi connectivity index (χ1) is 6.88. The number of halogens is 1. The van der Waals surface area contributed by atoms with Gasteiger partial charge in [0.2, 0.25) is 0 Å². The van der Waals surface area contributed by atoms with E-state index in [1.165, 1.54) is 0 Å². The SMILES string of the molecule is CC(C)(C)NCC(N)c1cccc(Cl)c1. The number of hydrogen-bond donors (Lipinski definition) is 2. The normalized spacial score (nSPS) is 13.9. The highest BCUT2D eigenvalue weighted by atomic mass is 35.5. The monoisotopic (exact) mass is 226 g/mol. The molecule has 3 N–H and O–H groups in total. The summed E-state index contributed by atoms with van der Waals surface area (Å²) in [6, 6.07) is 7.68. The zero-order chi connectivity index (χ0) is 11.5. The van der Waals surface area contributed by atoms with Gasteiger partial charge in [0.05, 0.1) is 0 Å². The van der Waals surface area contributed by atoms with E-state index in [-0.39, 0.29) is 11.6 Å². The average molecular weight is 227 g/mol. The highest BCUT2D eigenvalue weighted by Gasteiger charge is 2.12. The largest absolute Gasteiger partial charge is 0.323 e. The molecule has 0 aliphatic carbocycles. The molecular formula is C12H19ClN2. The van der Waals surface area contributed by atoms with E-state index in [4.69, 9.17) is 17.3 Å². The molecule has 0 saturated heterocycles. The van der Waals surface area contributed by atoms with Gasteiger partial charge < -0.3 is 11.1 Å². The van der Waals surface area contributed by atoms with E-state index < -0.39 is 0 Å². The van der Waals surface area contributed by atoms with Crippen LogP contribution in [0.25, 0.3) is 0 Å². The number of hydrogen-bond acceptors (Lipinski definition) is 2. The summed E-state index contributed by atoms with van der Waals surface area (Å²) in [4.78, 5) is 0. The van der Waals surface area contributed by atoms with Crippen molar-refractivity contribution < 1.29 is 0 Å². The highest BCUT2D eigenvalue weighted by molar-refractivity contribution is 6.30. The molecule has 0 radical (unpaired) electrons. The molecule has 3 heteroatoms. The van der Waals surface area contributed by atoms with E-state index in [0.717, 1.165) is 17.1 Å².